The third-order valence-electron chi connectivity index (χ3n) is 1.11. The Balaban J connectivity index is 3.11. The molecule has 0 aliphatic carbocycles. The Morgan fingerprint density at radius 2 is 2.30 bits per heavy atom. The summed E-state index contributed by atoms with van der Waals surface area (Å²) in [7, 11) is 1.78. The van der Waals surface area contributed by atoms with Crippen LogP contribution in [0.15, 0.2) is 0 Å². The standard InChI is InChI=1S/C6H14N2O2/c1-6(10)7-3-4-8(2)5-9/h9H,3-5H2,1-2H3,(H,7,10). The van der Waals surface area contributed by atoms with Gasteiger partial charge in [-0.15, -0.1) is 0 Å². The fourth-order valence-corrected chi connectivity index (χ4v) is 0.494. The van der Waals surface area contributed by atoms with Crippen molar-refractivity contribution in [1.29, 1.82) is 0 Å². The highest BCUT2D eigenvalue weighted by atomic mass is 16.3. The zero-order valence-corrected chi connectivity index (χ0v) is 6.42. The molecular formula is C6H14N2O2. The number of rotatable bonds is 4. The van der Waals surface area contributed by atoms with Gasteiger partial charge in [-0.3, -0.25) is 9.69 Å². The van der Waals surface area contributed by atoms with E-state index in [0.29, 0.717) is 13.1 Å². The molecule has 0 saturated heterocycles. The maximum atomic E-state index is 10.3. The predicted molar refractivity (Wildman–Crippen MR) is 38.4 cm³/mol. The first-order valence-electron chi connectivity index (χ1n) is 3.20. The van der Waals surface area contributed by atoms with Gasteiger partial charge in [0.1, 0.15) is 0 Å². The van der Waals surface area contributed by atoms with Crippen LogP contribution in [-0.4, -0.2) is 42.8 Å². The second-order valence-corrected chi connectivity index (χ2v) is 2.20. The van der Waals surface area contributed by atoms with Crippen LogP contribution in [-0.2, 0) is 4.79 Å². The molecule has 0 aromatic rings. The summed E-state index contributed by atoms with van der Waals surface area (Å²) in [6.45, 7) is 2.76. The molecule has 0 aliphatic rings. The van der Waals surface area contributed by atoms with Crippen molar-refractivity contribution in [1.82, 2.24) is 10.2 Å². The van der Waals surface area contributed by atoms with Gasteiger partial charge < -0.3 is 10.4 Å². The lowest BCUT2D eigenvalue weighted by atomic mass is 10.5. The maximum Gasteiger partial charge on any atom is 0.216 e. The van der Waals surface area contributed by atoms with Crippen molar-refractivity contribution in [2.45, 2.75) is 6.92 Å². The van der Waals surface area contributed by atoms with E-state index >= 15 is 0 Å². The fraction of sp³-hybridized carbons (Fsp3) is 0.833. The Bertz CT molecular complexity index is 106. The number of hydrogen-bond donors (Lipinski definition) is 2. The Kier molecular flexibility index (Phi) is 4.88. The Morgan fingerprint density at radius 1 is 1.70 bits per heavy atom. The van der Waals surface area contributed by atoms with Gasteiger partial charge in [0.05, 0.1) is 6.73 Å². The van der Waals surface area contributed by atoms with Crippen molar-refractivity contribution in [3.8, 4) is 0 Å². The highest BCUT2D eigenvalue weighted by Crippen LogP contribution is 1.74. The number of nitrogens with one attached hydrogen (secondary N) is 1. The molecule has 0 saturated carbocycles. The van der Waals surface area contributed by atoms with Crippen molar-refractivity contribution in [3.63, 3.8) is 0 Å². The van der Waals surface area contributed by atoms with Gasteiger partial charge in [-0.05, 0) is 7.05 Å². The molecule has 0 unspecified atom stereocenters. The highest BCUT2D eigenvalue weighted by Gasteiger charge is 1.94. The first-order valence-corrected chi connectivity index (χ1v) is 3.20. The van der Waals surface area contributed by atoms with Gasteiger partial charge in [-0.2, -0.15) is 0 Å². The summed E-state index contributed by atoms with van der Waals surface area (Å²) < 4.78 is 0. The lowest BCUT2D eigenvalue weighted by Crippen LogP contribution is -2.31. The Labute approximate surface area is 60.8 Å². The molecular weight excluding hydrogens is 132 g/mol. The average molecular weight is 146 g/mol. The minimum absolute atomic E-state index is 0.0274. The van der Waals surface area contributed by atoms with Crippen LogP contribution >= 0.6 is 0 Å². The van der Waals surface area contributed by atoms with Crippen LogP contribution in [0, 0.1) is 0 Å². The van der Waals surface area contributed by atoms with E-state index in [1.165, 1.54) is 6.92 Å². The van der Waals surface area contributed by atoms with Crippen LogP contribution in [0.5, 0.6) is 0 Å². The van der Waals surface area contributed by atoms with Crippen LogP contribution in [0.1, 0.15) is 6.92 Å². The van der Waals surface area contributed by atoms with E-state index < -0.39 is 0 Å². The van der Waals surface area contributed by atoms with Gasteiger partial charge in [0, 0.05) is 20.0 Å². The molecule has 4 nitrogen and oxygen atoms in total. The molecule has 0 atom stereocenters. The van der Waals surface area contributed by atoms with Gasteiger partial charge in [0.25, 0.3) is 0 Å². The normalized spacial score (nSPS) is 10.0. The zero-order valence-electron chi connectivity index (χ0n) is 6.42. The van der Waals surface area contributed by atoms with E-state index in [1.807, 2.05) is 0 Å². The molecule has 0 heterocycles. The molecule has 1 amide bonds. The number of aliphatic hydroxyl groups excluding tert-OH is 1. The van der Waals surface area contributed by atoms with E-state index in [9.17, 15) is 4.79 Å². The van der Waals surface area contributed by atoms with Crippen molar-refractivity contribution >= 4 is 5.91 Å². The van der Waals surface area contributed by atoms with Crippen molar-refractivity contribution < 1.29 is 9.90 Å². The third kappa shape index (κ3) is 5.53. The molecule has 0 spiro atoms. The summed E-state index contributed by atoms with van der Waals surface area (Å²) in [5.41, 5.74) is 0. The minimum atomic E-state index is -0.0358. The first kappa shape index (κ1) is 9.39. The largest absolute Gasteiger partial charge is 0.381 e. The van der Waals surface area contributed by atoms with Crippen molar-refractivity contribution in [2.24, 2.45) is 0 Å². The molecule has 0 bridgehead atoms. The summed E-state index contributed by atoms with van der Waals surface area (Å²) in [5, 5.41) is 11.1. The van der Waals surface area contributed by atoms with Crippen LogP contribution in [0.25, 0.3) is 0 Å². The monoisotopic (exact) mass is 146 g/mol. The van der Waals surface area contributed by atoms with Gasteiger partial charge in [-0.25, -0.2) is 0 Å². The lowest BCUT2D eigenvalue weighted by Gasteiger charge is -2.11. The molecule has 0 aliphatic heterocycles. The average Bonchev–Trinajstić information content (AvgIpc) is 1.87. The third-order valence-corrected chi connectivity index (χ3v) is 1.11. The number of likely N-dealkylation sites (N-methyl/N-ethyl adjacent to an activating group) is 1. The molecule has 0 fully saturated rings. The molecule has 2 N–H and O–H groups in total. The first-order chi connectivity index (χ1) is 4.66. The SMILES string of the molecule is CC(=O)NCCN(C)CO. The fourth-order valence-electron chi connectivity index (χ4n) is 0.494. The molecule has 0 aromatic carbocycles. The zero-order chi connectivity index (χ0) is 7.98. The van der Waals surface area contributed by atoms with E-state index in [0.717, 1.165) is 0 Å². The number of carbonyl (C=O) groups excluding carboxylic acids is 1. The summed E-state index contributed by atoms with van der Waals surface area (Å²) in [6, 6.07) is 0. The summed E-state index contributed by atoms with van der Waals surface area (Å²) in [5.74, 6) is -0.0358. The molecule has 0 rings (SSSR count). The van der Waals surface area contributed by atoms with E-state index in [1.54, 1.807) is 11.9 Å². The topological polar surface area (TPSA) is 52.6 Å². The quantitative estimate of drug-likeness (QED) is 0.500. The number of carbonyl (C=O) groups is 1. The van der Waals surface area contributed by atoms with Gasteiger partial charge >= 0.3 is 0 Å². The molecule has 0 radical (unpaired) electrons. The molecule has 10 heavy (non-hydrogen) atoms. The number of amides is 1. The van der Waals surface area contributed by atoms with Crippen LogP contribution in [0.3, 0.4) is 0 Å². The smallest absolute Gasteiger partial charge is 0.216 e. The predicted octanol–water partition coefficient (Wildman–Crippen LogP) is -0.996. The highest BCUT2D eigenvalue weighted by molar-refractivity contribution is 5.72. The Morgan fingerprint density at radius 3 is 2.70 bits per heavy atom. The van der Waals surface area contributed by atoms with Gasteiger partial charge in [0.15, 0.2) is 0 Å². The summed E-state index contributed by atoms with van der Waals surface area (Å²) >= 11 is 0. The number of aliphatic hydroxyl groups is 1. The number of nitrogens with zero attached hydrogens (tertiary/aromatic N) is 1. The lowest BCUT2D eigenvalue weighted by molar-refractivity contribution is -0.119. The molecule has 60 valence electrons. The number of hydrogen-bond acceptors (Lipinski definition) is 3. The van der Waals surface area contributed by atoms with Gasteiger partial charge in [0.2, 0.25) is 5.91 Å². The minimum Gasteiger partial charge on any atom is -0.381 e. The maximum absolute atomic E-state index is 10.3. The molecule has 0 aromatic heterocycles. The summed E-state index contributed by atoms with van der Waals surface area (Å²) in [4.78, 5) is 12.0. The van der Waals surface area contributed by atoms with Crippen LogP contribution < -0.4 is 5.32 Å². The van der Waals surface area contributed by atoms with E-state index in [2.05, 4.69) is 5.32 Å². The second-order valence-electron chi connectivity index (χ2n) is 2.20. The van der Waals surface area contributed by atoms with E-state index in [4.69, 9.17) is 5.11 Å². The van der Waals surface area contributed by atoms with Crippen LogP contribution in [0.2, 0.25) is 0 Å². The molecule has 4 heteroatoms. The van der Waals surface area contributed by atoms with Crippen LogP contribution in [0.4, 0.5) is 0 Å². The summed E-state index contributed by atoms with van der Waals surface area (Å²) in [6.07, 6.45) is 0. The second kappa shape index (κ2) is 5.20. The van der Waals surface area contributed by atoms with Gasteiger partial charge in [-0.1, -0.05) is 0 Å². The Hall–Kier alpha value is -0.610. The van der Waals surface area contributed by atoms with E-state index in [-0.39, 0.29) is 12.6 Å². The van der Waals surface area contributed by atoms with Crippen molar-refractivity contribution in [2.75, 3.05) is 26.9 Å². The van der Waals surface area contributed by atoms with Crippen molar-refractivity contribution in [3.05, 3.63) is 0 Å².